The minimum absolute atomic E-state index is 0. The van der Waals surface area contributed by atoms with Crippen molar-refractivity contribution in [3.8, 4) is 11.5 Å². The van der Waals surface area contributed by atoms with Crippen LogP contribution in [0.1, 0.15) is 30.9 Å². The molecule has 0 heterocycles. The third-order valence-corrected chi connectivity index (χ3v) is 3.45. The second kappa shape index (κ2) is 6.12. The molecule has 3 nitrogen and oxygen atoms in total. The number of ether oxygens (including phenoxy) is 2. The zero-order valence-corrected chi connectivity index (χ0v) is 11.1. The lowest BCUT2D eigenvalue weighted by atomic mass is 9.77. The van der Waals surface area contributed by atoms with Crippen LogP contribution < -0.4 is 15.2 Å². The zero-order chi connectivity index (χ0) is 11.5. The van der Waals surface area contributed by atoms with E-state index in [1.54, 1.807) is 14.2 Å². The van der Waals surface area contributed by atoms with E-state index in [0.29, 0.717) is 5.92 Å². The molecule has 0 aliphatic heterocycles. The smallest absolute Gasteiger partial charge is 0.165 e. The van der Waals surface area contributed by atoms with E-state index in [1.165, 1.54) is 19.3 Å². The first-order valence-corrected chi connectivity index (χ1v) is 5.74. The third-order valence-electron chi connectivity index (χ3n) is 3.45. The molecule has 1 fully saturated rings. The van der Waals surface area contributed by atoms with E-state index < -0.39 is 0 Å². The van der Waals surface area contributed by atoms with Crippen molar-refractivity contribution < 1.29 is 9.47 Å². The summed E-state index contributed by atoms with van der Waals surface area (Å²) in [6.45, 7) is 0. The van der Waals surface area contributed by atoms with Crippen molar-refractivity contribution in [1.82, 2.24) is 0 Å². The van der Waals surface area contributed by atoms with Crippen LogP contribution in [0.4, 0.5) is 0 Å². The molecule has 0 unspecified atom stereocenters. The Kier molecular flexibility index (Phi) is 5.09. The summed E-state index contributed by atoms with van der Waals surface area (Å²) in [5.41, 5.74) is 7.33. The summed E-state index contributed by atoms with van der Waals surface area (Å²) in [5, 5.41) is 0. The van der Waals surface area contributed by atoms with Gasteiger partial charge in [0, 0.05) is 11.6 Å². The summed E-state index contributed by atoms with van der Waals surface area (Å²) in [5.74, 6) is 2.14. The van der Waals surface area contributed by atoms with E-state index in [4.69, 9.17) is 15.2 Å². The van der Waals surface area contributed by atoms with Crippen LogP contribution in [0.25, 0.3) is 0 Å². The molecule has 0 bridgehead atoms. The van der Waals surface area contributed by atoms with Gasteiger partial charge in [-0.2, -0.15) is 0 Å². The average Bonchev–Trinajstić information content (AvgIpc) is 2.25. The van der Waals surface area contributed by atoms with Gasteiger partial charge in [0.05, 0.1) is 14.2 Å². The quantitative estimate of drug-likeness (QED) is 0.902. The fraction of sp³-hybridized carbons (Fsp3) is 0.538. The normalized spacial score (nSPS) is 16.6. The number of hydrogen-bond donors (Lipinski definition) is 1. The third kappa shape index (κ3) is 2.67. The Hall–Kier alpha value is -0.930. The fourth-order valence-electron chi connectivity index (χ4n) is 2.23. The van der Waals surface area contributed by atoms with Crippen LogP contribution in [0.5, 0.6) is 11.5 Å². The Morgan fingerprint density at radius 1 is 1.24 bits per heavy atom. The maximum Gasteiger partial charge on any atom is 0.165 e. The summed E-state index contributed by atoms with van der Waals surface area (Å²) < 4.78 is 10.7. The molecule has 4 heteroatoms. The van der Waals surface area contributed by atoms with Gasteiger partial charge >= 0.3 is 0 Å². The maximum absolute atomic E-state index is 6.26. The molecular weight excluding hydrogens is 238 g/mol. The van der Waals surface area contributed by atoms with Crippen molar-refractivity contribution in [3.05, 3.63) is 23.8 Å². The van der Waals surface area contributed by atoms with Gasteiger partial charge in [0.25, 0.3) is 0 Å². The zero-order valence-electron chi connectivity index (χ0n) is 10.3. The number of rotatable bonds is 4. The summed E-state index contributed by atoms with van der Waals surface area (Å²) in [4.78, 5) is 0. The molecule has 0 spiro atoms. The molecule has 1 saturated carbocycles. The first-order valence-electron chi connectivity index (χ1n) is 5.74. The highest BCUT2D eigenvalue weighted by atomic mass is 35.5. The SMILES string of the molecule is COc1cccc([C@@H](N)C2CCC2)c1OC.Cl. The van der Waals surface area contributed by atoms with Crippen LogP contribution in [0, 0.1) is 5.92 Å². The first-order chi connectivity index (χ1) is 7.77. The van der Waals surface area contributed by atoms with Gasteiger partial charge in [0.15, 0.2) is 11.5 Å². The van der Waals surface area contributed by atoms with Crippen LogP contribution in [-0.4, -0.2) is 14.2 Å². The van der Waals surface area contributed by atoms with Gasteiger partial charge in [-0.1, -0.05) is 18.6 Å². The first kappa shape index (κ1) is 14.1. The second-order valence-corrected chi connectivity index (χ2v) is 4.30. The standard InChI is InChI=1S/C13H19NO2.ClH/c1-15-11-8-4-7-10(13(11)16-2)12(14)9-5-3-6-9;/h4,7-9,12H,3,5-6,14H2,1-2H3;1H/t12-;/m0./s1. The monoisotopic (exact) mass is 257 g/mol. The summed E-state index contributed by atoms with van der Waals surface area (Å²) in [6.07, 6.45) is 3.74. The van der Waals surface area contributed by atoms with Crippen molar-refractivity contribution in [2.24, 2.45) is 11.7 Å². The highest BCUT2D eigenvalue weighted by molar-refractivity contribution is 5.85. The summed E-state index contributed by atoms with van der Waals surface area (Å²) >= 11 is 0. The van der Waals surface area contributed by atoms with E-state index in [0.717, 1.165) is 17.1 Å². The molecule has 96 valence electrons. The molecule has 0 radical (unpaired) electrons. The van der Waals surface area contributed by atoms with Crippen molar-refractivity contribution in [1.29, 1.82) is 0 Å². The molecule has 0 saturated heterocycles. The van der Waals surface area contributed by atoms with E-state index in [9.17, 15) is 0 Å². The molecule has 17 heavy (non-hydrogen) atoms. The molecule has 1 aliphatic rings. The molecule has 1 aromatic rings. The molecule has 1 atom stereocenters. The number of hydrogen-bond acceptors (Lipinski definition) is 3. The van der Waals surface area contributed by atoms with Crippen LogP contribution in [0.2, 0.25) is 0 Å². The fourth-order valence-corrected chi connectivity index (χ4v) is 2.23. The molecule has 0 amide bonds. The van der Waals surface area contributed by atoms with Crippen molar-refractivity contribution >= 4 is 12.4 Å². The Balaban J connectivity index is 0.00000144. The molecule has 0 aromatic heterocycles. The predicted molar refractivity (Wildman–Crippen MR) is 71.1 cm³/mol. The minimum atomic E-state index is 0. The van der Waals surface area contributed by atoms with Crippen molar-refractivity contribution in [2.75, 3.05) is 14.2 Å². The van der Waals surface area contributed by atoms with Crippen LogP contribution >= 0.6 is 12.4 Å². The van der Waals surface area contributed by atoms with Gasteiger partial charge in [-0.3, -0.25) is 0 Å². The Morgan fingerprint density at radius 2 is 1.94 bits per heavy atom. The second-order valence-electron chi connectivity index (χ2n) is 4.30. The largest absolute Gasteiger partial charge is 0.493 e. The van der Waals surface area contributed by atoms with Gasteiger partial charge in [-0.05, 0) is 24.8 Å². The lowest BCUT2D eigenvalue weighted by Crippen LogP contribution is -2.27. The number of halogens is 1. The van der Waals surface area contributed by atoms with E-state index in [2.05, 4.69) is 0 Å². The molecule has 1 aromatic carbocycles. The van der Waals surface area contributed by atoms with Crippen molar-refractivity contribution in [2.45, 2.75) is 25.3 Å². The molecule has 2 N–H and O–H groups in total. The van der Waals surface area contributed by atoms with E-state index in [-0.39, 0.29) is 18.4 Å². The number of methoxy groups -OCH3 is 2. The van der Waals surface area contributed by atoms with Gasteiger partial charge in [0.1, 0.15) is 0 Å². The highest BCUT2D eigenvalue weighted by Gasteiger charge is 2.28. The van der Waals surface area contributed by atoms with E-state index >= 15 is 0 Å². The van der Waals surface area contributed by atoms with E-state index in [1.807, 2.05) is 18.2 Å². The van der Waals surface area contributed by atoms with Gasteiger partial charge in [-0.25, -0.2) is 0 Å². The average molecular weight is 258 g/mol. The van der Waals surface area contributed by atoms with Crippen molar-refractivity contribution in [3.63, 3.8) is 0 Å². The molecule has 2 rings (SSSR count). The number of nitrogens with two attached hydrogens (primary N) is 1. The maximum atomic E-state index is 6.26. The lowest BCUT2D eigenvalue weighted by Gasteiger charge is -2.32. The van der Waals surface area contributed by atoms with Crippen LogP contribution in [0.15, 0.2) is 18.2 Å². The molecular formula is C13H20ClNO2. The summed E-state index contributed by atoms with van der Waals surface area (Å²) in [6, 6.07) is 5.97. The highest BCUT2D eigenvalue weighted by Crippen LogP contribution is 2.42. The number of benzene rings is 1. The number of para-hydroxylation sites is 1. The lowest BCUT2D eigenvalue weighted by molar-refractivity contribution is 0.257. The van der Waals surface area contributed by atoms with Gasteiger partial charge < -0.3 is 15.2 Å². The molecule has 1 aliphatic carbocycles. The van der Waals surface area contributed by atoms with Crippen LogP contribution in [-0.2, 0) is 0 Å². The topological polar surface area (TPSA) is 44.5 Å². The van der Waals surface area contributed by atoms with Crippen LogP contribution in [0.3, 0.4) is 0 Å². The predicted octanol–water partition coefficient (Wildman–Crippen LogP) is 2.93. The Labute approximate surface area is 109 Å². The summed E-state index contributed by atoms with van der Waals surface area (Å²) in [7, 11) is 3.31. The Bertz CT molecular complexity index is 366. The van der Waals surface area contributed by atoms with Gasteiger partial charge in [0.2, 0.25) is 0 Å². The van der Waals surface area contributed by atoms with Gasteiger partial charge in [-0.15, -0.1) is 12.4 Å². The Morgan fingerprint density at radius 3 is 2.41 bits per heavy atom. The minimum Gasteiger partial charge on any atom is -0.493 e.